The maximum Gasteiger partial charge on any atom is 0.294 e. The lowest BCUT2D eigenvalue weighted by atomic mass is 9.86. The fraction of sp³-hybridized carbons (Fsp3) is 0.296. The van der Waals surface area contributed by atoms with Gasteiger partial charge in [0.2, 0.25) is 5.36 Å². The number of rotatable bonds is 3. The molecule has 3 aliphatic heterocycles. The van der Waals surface area contributed by atoms with Gasteiger partial charge in [0.15, 0.2) is 0 Å². The zero-order valence-corrected chi connectivity index (χ0v) is 22.5. The Morgan fingerprint density at radius 1 is 0.947 bits per heavy atom. The summed E-state index contributed by atoms with van der Waals surface area (Å²) in [7, 11) is -6.07. The van der Waals surface area contributed by atoms with E-state index in [1.165, 1.54) is 11.8 Å². The first-order chi connectivity index (χ1) is 17.9. The third-order valence-corrected chi connectivity index (χ3v) is 9.22. The average Bonchev–Trinajstić information content (AvgIpc) is 2.86. The molecule has 0 saturated heterocycles. The Morgan fingerprint density at radius 3 is 2.34 bits per heavy atom. The Kier molecular flexibility index (Phi) is 5.69. The van der Waals surface area contributed by atoms with Gasteiger partial charge >= 0.3 is 0 Å². The fourth-order valence-electron chi connectivity index (χ4n) is 5.84. The van der Waals surface area contributed by atoms with Crippen LogP contribution in [0, 0.1) is 0 Å². The van der Waals surface area contributed by atoms with Gasteiger partial charge in [-0.2, -0.15) is 8.42 Å². The van der Waals surface area contributed by atoms with E-state index >= 15 is 0 Å². The van der Waals surface area contributed by atoms with Crippen LogP contribution in [0.2, 0.25) is 0 Å². The summed E-state index contributed by atoms with van der Waals surface area (Å²) in [6, 6.07) is 10.7. The minimum absolute atomic E-state index is 0.0615. The van der Waals surface area contributed by atoms with Gasteiger partial charge in [0.1, 0.15) is 35.6 Å². The van der Waals surface area contributed by atoms with Crippen molar-refractivity contribution >= 4 is 36.9 Å². The molecule has 9 nitrogen and oxygen atoms in total. The van der Waals surface area contributed by atoms with E-state index in [1.807, 2.05) is 42.9 Å². The molecule has 38 heavy (non-hydrogen) atoms. The van der Waals surface area contributed by atoms with Gasteiger partial charge < -0.3 is 13.9 Å². The van der Waals surface area contributed by atoms with Gasteiger partial charge in [-0.25, -0.2) is 13.0 Å². The predicted octanol–water partition coefficient (Wildman–Crippen LogP) is 3.09. The van der Waals surface area contributed by atoms with Gasteiger partial charge in [0.05, 0.1) is 15.9 Å². The van der Waals surface area contributed by atoms with E-state index < -0.39 is 30.0 Å². The summed E-state index contributed by atoms with van der Waals surface area (Å²) in [6.07, 6.45) is 3.61. The third-order valence-electron chi connectivity index (χ3n) is 7.49. The topological polar surface area (TPSA) is 131 Å². The zero-order valence-electron chi connectivity index (χ0n) is 20.9. The highest BCUT2D eigenvalue weighted by atomic mass is 32.2. The number of hydrogen-bond donors (Lipinski definition) is 1. The normalized spacial score (nSPS) is 15.6. The highest BCUT2D eigenvalue weighted by Gasteiger charge is 2.30. The van der Waals surface area contributed by atoms with E-state index in [4.69, 9.17) is 4.42 Å². The van der Waals surface area contributed by atoms with Crippen molar-refractivity contribution in [2.24, 2.45) is 0 Å². The van der Waals surface area contributed by atoms with Gasteiger partial charge in [-0.15, -0.1) is 0 Å². The van der Waals surface area contributed by atoms with Crippen LogP contribution >= 0.6 is 0 Å². The molecular formula is C27H26N2O7S2. The number of nitrogens with zero attached hydrogens (tertiary/aromatic N) is 2. The summed E-state index contributed by atoms with van der Waals surface area (Å²) in [5.41, 5.74) is 5.12. The minimum Gasteiger partial charge on any atom is -0.744 e. The molecule has 0 radical (unpaired) electrons. The lowest BCUT2D eigenvalue weighted by Crippen LogP contribution is -2.34. The van der Waals surface area contributed by atoms with Gasteiger partial charge in [0.25, 0.3) is 10.1 Å². The third kappa shape index (κ3) is 4.01. The summed E-state index contributed by atoms with van der Waals surface area (Å²) in [5, 5.41) is 1.54. The molecule has 0 saturated carbocycles. The summed E-state index contributed by atoms with van der Waals surface area (Å²) < 4.78 is 79.0. The minimum atomic E-state index is -5.13. The number of anilines is 1. The molecule has 0 spiro atoms. The zero-order chi connectivity index (χ0) is 27.0. The molecular weight excluding hydrogens is 528 g/mol. The van der Waals surface area contributed by atoms with E-state index in [2.05, 4.69) is 4.90 Å². The molecule has 4 aliphatic rings. The first-order valence-electron chi connectivity index (χ1n) is 12.3. The van der Waals surface area contributed by atoms with Crippen molar-refractivity contribution in [3.63, 3.8) is 0 Å². The molecule has 198 valence electrons. The van der Waals surface area contributed by atoms with Crippen LogP contribution in [0.1, 0.15) is 24.0 Å². The molecule has 3 heterocycles. The Labute approximate surface area is 220 Å². The molecule has 0 unspecified atom stereocenters. The first-order valence-corrected chi connectivity index (χ1v) is 15.2. The van der Waals surface area contributed by atoms with Crippen molar-refractivity contribution in [3.8, 4) is 22.5 Å². The lowest BCUT2D eigenvalue weighted by Gasteiger charge is -2.37. The summed E-state index contributed by atoms with van der Waals surface area (Å²) >= 11 is 0. The highest BCUT2D eigenvalue weighted by Crippen LogP contribution is 2.48. The molecule has 2 aromatic carbocycles. The van der Waals surface area contributed by atoms with Crippen molar-refractivity contribution < 1.29 is 30.4 Å². The molecule has 6 rings (SSSR count). The second-order valence-corrected chi connectivity index (χ2v) is 12.8. The number of fused-ring (bicyclic) bond motifs is 3. The van der Waals surface area contributed by atoms with Crippen LogP contribution in [0.25, 0.3) is 33.4 Å². The summed E-state index contributed by atoms with van der Waals surface area (Å²) in [4.78, 5) is 0.996. The van der Waals surface area contributed by atoms with Crippen molar-refractivity contribution in [1.82, 2.24) is 4.58 Å². The Balaban J connectivity index is 1.82. The quantitative estimate of drug-likeness (QED) is 0.232. The SMILES string of the molecule is C[N+](C)=c1ccc2c(-c3ccc(S(=O)(=O)O)cc3S(=O)(=O)[O-])c3cc4c5c(c3oc-2c1)CCCN5CCC4. The van der Waals surface area contributed by atoms with Gasteiger partial charge in [-0.3, -0.25) is 4.55 Å². The van der Waals surface area contributed by atoms with E-state index in [0.717, 1.165) is 67.4 Å². The Hall–Kier alpha value is -3.25. The van der Waals surface area contributed by atoms with Crippen LogP contribution < -0.4 is 14.8 Å². The van der Waals surface area contributed by atoms with Crippen LogP contribution in [0.15, 0.2) is 56.7 Å². The van der Waals surface area contributed by atoms with Crippen molar-refractivity contribution in [1.29, 1.82) is 0 Å². The van der Waals surface area contributed by atoms with Crippen LogP contribution in [-0.4, -0.2) is 53.1 Å². The average molecular weight is 555 g/mol. The molecule has 0 aromatic heterocycles. The standard InChI is InChI=1S/C27H26N2O7S2/c1-28(2)17-7-9-19-23(14-17)36-27-21-6-4-12-29-11-3-5-16(26(21)29)13-22(27)25(19)20-10-8-18(37(30,31)32)15-24(20)38(33,34)35/h7-10,13-15H,3-6,11-12H2,1-2H3,(H-,30,31,32,33,34,35). The van der Waals surface area contributed by atoms with Crippen molar-refractivity contribution in [3.05, 3.63) is 58.9 Å². The predicted molar refractivity (Wildman–Crippen MR) is 142 cm³/mol. The summed E-state index contributed by atoms with van der Waals surface area (Å²) in [6.45, 7) is 1.93. The Bertz CT molecular complexity index is 1900. The molecule has 1 aliphatic carbocycles. The molecule has 0 atom stereocenters. The van der Waals surface area contributed by atoms with Gasteiger partial charge in [-0.05, 0) is 55.5 Å². The molecule has 0 amide bonds. The molecule has 1 N–H and O–H groups in total. The smallest absolute Gasteiger partial charge is 0.294 e. The van der Waals surface area contributed by atoms with E-state index in [-0.39, 0.29) is 5.56 Å². The molecule has 11 heteroatoms. The number of benzene rings is 3. The van der Waals surface area contributed by atoms with Crippen LogP contribution in [0.3, 0.4) is 0 Å². The van der Waals surface area contributed by atoms with E-state index in [1.54, 1.807) is 0 Å². The summed E-state index contributed by atoms with van der Waals surface area (Å²) in [5.74, 6) is 0.510. The second-order valence-electron chi connectivity index (χ2n) is 10.1. The first kappa shape index (κ1) is 25.1. The lowest BCUT2D eigenvalue weighted by molar-refractivity contribution is 0.463. The van der Waals surface area contributed by atoms with Crippen molar-refractivity contribution in [2.75, 3.05) is 32.1 Å². The highest BCUT2D eigenvalue weighted by molar-refractivity contribution is 7.86. The fourth-order valence-corrected chi connectivity index (χ4v) is 7.13. The largest absolute Gasteiger partial charge is 0.744 e. The number of aryl methyl sites for hydroxylation is 2. The Morgan fingerprint density at radius 2 is 1.66 bits per heavy atom. The monoisotopic (exact) mass is 554 g/mol. The van der Waals surface area contributed by atoms with Gasteiger partial charge in [-0.1, -0.05) is 6.07 Å². The second kappa shape index (κ2) is 8.63. The van der Waals surface area contributed by atoms with Crippen LogP contribution in [0.4, 0.5) is 5.69 Å². The maximum absolute atomic E-state index is 12.5. The molecule has 0 bridgehead atoms. The molecule has 2 aromatic rings. The van der Waals surface area contributed by atoms with E-state index in [0.29, 0.717) is 27.9 Å². The van der Waals surface area contributed by atoms with E-state index in [9.17, 15) is 25.9 Å². The molecule has 0 fully saturated rings. The van der Waals surface area contributed by atoms with Crippen LogP contribution in [0.5, 0.6) is 0 Å². The number of hydrogen-bond acceptors (Lipinski definition) is 7. The van der Waals surface area contributed by atoms with Crippen molar-refractivity contribution in [2.45, 2.75) is 35.5 Å². The van der Waals surface area contributed by atoms with Crippen LogP contribution in [-0.2, 0) is 33.1 Å². The maximum atomic E-state index is 12.5. The van der Waals surface area contributed by atoms with Gasteiger partial charge in [0, 0.05) is 52.5 Å².